The van der Waals surface area contributed by atoms with Crippen molar-refractivity contribution in [3.8, 4) is 5.69 Å². The van der Waals surface area contributed by atoms with Gasteiger partial charge in [-0.1, -0.05) is 29.2 Å². The number of hydrogen-bond acceptors (Lipinski definition) is 6. The molecule has 3 aliphatic rings. The number of amides is 1. The highest BCUT2D eigenvalue weighted by Gasteiger charge is 2.49. The van der Waals surface area contributed by atoms with Crippen molar-refractivity contribution in [2.75, 3.05) is 13.1 Å². The van der Waals surface area contributed by atoms with Crippen LogP contribution < -0.4 is 0 Å². The summed E-state index contributed by atoms with van der Waals surface area (Å²) in [4.78, 5) is 26.6. The number of carbonyl (C=O) groups is 1. The van der Waals surface area contributed by atoms with E-state index in [1.165, 1.54) is 19.3 Å². The van der Waals surface area contributed by atoms with Gasteiger partial charge in [-0.25, -0.2) is 4.98 Å². The zero-order chi connectivity index (χ0) is 20.2. The normalized spacial score (nSPS) is 23.4. The van der Waals surface area contributed by atoms with E-state index in [1.54, 1.807) is 12.4 Å². The van der Waals surface area contributed by atoms with Gasteiger partial charge < -0.3 is 14.0 Å². The summed E-state index contributed by atoms with van der Waals surface area (Å²) in [5.74, 6) is 1.07. The minimum Gasteiger partial charge on any atom is -0.338 e. The number of nitrogens with zero attached hydrogens (tertiary/aromatic N) is 6. The standard InChI is InChI=1S/C21H21ClN6O2/c22-13-5-4-6-14-19(13)21(29)28-15(17-10-23-12-27(14)17)9-16(28)20-24-18(30-25-20)11-26-7-2-1-3-8-26/h4-6,10,12,15-16H,1-3,7-9,11H2/t15-,16?/m0/s1. The van der Waals surface area contributed by atoms with Crippen LogP contribution in [0.15, 0.2) is 35.2 Å². The van der Waals surface area contributed by atoms with Crippen LogP contribution in [0.4, 0.5) is 0 Å². The topological polar surface area (TPSA) is 80.3 Å². The molecule has 8 nitrogen and oxygen atoms in total. The Kier molecular flexibility index (Phi) is 4.17. The summed E-state index contributed by atoms with van der Waals surface area (Å²) in [5, 5.41) is 4.65. The number of likely N-dealkylation sites (tertiary alicyclic amines) is 1. The van der Waals surface area contributed by atoms with Crippen LogP contribution in [0.5, 0.6) is 0 Å². The maximum absolute atomic E-state index is 13.5. The Morgan fingerprint density at radius 3 is 2.90 bits per heavy atom. The molecule has 9 heteroatoms. The second kappa shape index (κ2) is 6.92. The van der Waals surface area contributed by atoms with E-state index >= 15 is 0 Å². The third-order valence-corrected chi connectivity index (χ3v) is 6.73. The average Bonchev–Trinajstić information content (AvgIpc) is 3.36. The van der Waals surface area contributed by atoms with E-state index in [9.17, 15) is 4.79 Å². The van der Waals surface area contributed by atoms with Crippen LogP contribution in [0.3, 0.4) is 0 Å². The summed E-state index contributed by atoms with van der Waals surface area (Å²) in [6.07, 6.45) is 7.98. The largest absolute Gasteiger partial charge is 0.338 e. The molecule has 3 aliphatic heterocycles. The first-order valence-electron chi connectivity index (χ1n) is 10.4. The van der Waals surface area contributed by atoms with Gasteiger partial charge in [-0.05, 0) is 38.1 Å². The van der Waals surface area contributed by atoms with Crippen LogP contribution in [0, 0.1) is 0 Å². The number of rotatable bonds is 3. The summed E-state index contributed by atoms with van der Waals surface area (Å²) >= 11 is 6.45. The van der Waals surface area contributed by atoms with Gasteiger partial charge >= 0.3 is 0 Å². The van der Waals surface area contributed by atoms with Gasteiger partial charge in [-0.3, -0.25) is 9.69 Å². The fourth-order valence-electron chi connectivity index (χ4n) is 4.88. The first-order chi connectivity index (χ1) is 14.7. The highest BCUT2D eigenvalue weighted by atomic mass is 35.5. The molecule has 154 valence electrons. The van der Waals surface area contributed by atoms with E-state index in [1.807, 2.05) is 27.8 Å². The van der Waals surface area contributed by atoms with E-state index in [4.69, 9.17) is 16.1 Å². The van der Waals surface area contributed by atoms with Crippen LogP contribution in [-0.4, -0.2) is 48.5 Å². The van der Waals surface area contributed by atoms with E-state index in [-0.39, 0.29) is 18.0 Å². The second-order valence-corrected chi connectivity index (χ2v) is 8.59. The smallest absolute Gasteiger partial charge is 0.258 e. The van der Waals surface area contributed by atoms with Crippen LogP contribution in [0.2, 0.25) is 5.02 Å². The molecular weight excluding hydrogens is 404 g/mol. The van der Waals surface area contributed by atoms with Gasteiger partial charge in [0.25, 0.3) is 5.91 Å². The molecule has 0 spiro atoms. The van der Waals surface area contributed by atoms with Gasteiger partial charge in [-0.15, -0.1) is 0 Å². The lowest BCUT2D eigenvalue weighted by molar-refractivity contribution is 0.00920. The third kappa shape index (κ3) is 2.70. The summed E-state index contributed by atoms with van der Waals surface area (Å²) < 4.78 is 7.49. The highest BCUT2D eigenvalue weighted by molar-refractivity contribution is 6.34. The highest BCUT2D eigenvalue weighted by Crippen LogP contribution is 2.50. The molecule has 5 heterocycles. The van der Waals surface area contributed by atoms with Gasteiger partial charge in [0, 0.05) is 6.42 Å². The van der Waals surface area contributed by atoms with Crippen molar-refractivity contribution in [1.82, 2.24) is 29.5 Å². The maximum Gasteiger partial charge on any atom is 0.258 e. The van der Waals surface area contributed by atoms with Crippen molar-refractivity contribution in [2.45, 2.75) is 44.3 Å². The molecule has 2 aromatic heterocycles. The second-order valence-electron chi connectivity index (χ2n) is 8.19. The SMILES string of the molecule is O=C1c2c(Cl)cccc2-n2cncc2[C@@H]2CC(c3noc(CN4CCCCC4)n3)N12. The Balaban J connectivity index is 1.32. The molecule has 1 amide bonds. The summed E-state index contributed by atoms with van der Waals surface area (Å²) in [5.41, 5.74) is 2.22. The van der Waals surface area contributed by atoms with Crippen LogP contribution in [0.25, 0.3) is 5.69 Å². The molecule has 2 saturated heterocycles. The maximum atomic E-state index is 13.5. The molecule has 2 atom stereocenters. The Bertz CT molecular complexity index is 1120. The number of carbonyl (C=O) groups excluding carboxylic acids is 1. The number of fused-ring (bicyclic) bond motifs is 5. The lowest BCUT2D eigenvalue weighted by Gasteiger charge is -2.45. The van der Waals surface area contributed by atoms with Crippen molar-refractivity contribution >= 4 is 17.5 Å². The fraction of sp³-hybridized carbons (Fsp3) is 0.429. The first kappa shape index (κ1) is 18.1. The Morgan fingerprint density at radius 1 is 1.17 bits per heavy atom. The van der Waals surface area contributed by atoms with Gasteiger partial charge in [0.1, 0.15) is 0 Å². The molecule has 0 aliphatic carbocycles. The molecule has 0 radical (unpaired) electrons. The van der Waals surface area contributed by atoms with Gasteiger partial charge in [0.15, 0.2) is 5.82 Å². The van der Waals surface area contributed by atoms with Crippen molar-refractivity contribution in [3.05, 3.63) is 58.7 Å². The minimum atomic E-state index is -0.230. The molecule has 3 aromatic rings. The number of piperidine rings is 1. The number of hydrogen-bond donors (Lipinski definition) is 0. The quantitative estimate of drug-likeness (QED) is 0.639. The monoisotopic (exact) mass is 424 g/mol. The molecule has 30 heavy (non-hydrogen) atoms. The summed E-state index contributed by atoms with van der Waals surface area (Å²) in [6.45, 7) is 2.79. The molecular formula is C21H21ClN6O2. The van der Waals surface area contributed by atoms with Crippen molar-refractivity contribution in [3.63, 3.8) is 0 Å². The van der Waals surface area contributed by atoms with Gasteiger partial charge in [-0.2, -0.15) is 4.98 Å². The van der Waals surface area contributed by atoms with E-state index in [0.29, 0.717) is 28.8 Å². The van der Waals surface area contributed by atoms with E-state index in [2.05, 4.69) is 20.0 Å². The Hall–Kier alpha value is -2.71. The number of halogens is 1. The summed E-state index contributed by atoms with van der Waals surface area (Å²) in [7, 11) is 0. The van der Waals surface area contributed by atoms with E-state index < -0.39 is 0 Å². The predicted octanol–water partition coefficient (Wildman–Crippen LogP) is 3.54. The third-order valence-electron chi connectivity index (χ3n) is 6.42. The first-order valence-corrected chi connectivity index (χ1v) is 10.8. The molecule has 6 rings (SSSR count). The van der Waals surface area contributed by atoms with Crippen LogP contribution in [-0.2, 0) is 6.54 Å². The number of aromatic nitrogens is 4. The minimum absolute atomic E-state index is 0.0856. The lowest BCUT2D eigenvalue weighted by Crippen LogP contribution is -2.47. The van der Waals surface area contributed by atoms with Crippen molar-refractivity contribution in [2.24, 2.45) is 0 Å². The average molecular weight is 425 g/mol. The predicted molar refractivity (Wildman–Crippen MR) is 108 cm³/mol. The zero-order valence-electron chi connectivity index (χ0n) is 16.4. The van der Waals surface area contributed by atoms with Crippen molar-refractivity contribution < 1.29 is 9.32 Å². The summed E-state index contributed by atoms with van der Waals surface area (Å²) in [6, 6.07) is 5.18. The molecule has 0 saturated carbocycles. The molecule has 2 fully saturated rings. The fourth-order valence-corrected chi connectivity index (χ4v) is 5.13. The van der Waals surface area contributed by atoms with E-state index in [0.717, 1.165) is 30.9 Å². The molecule has 0 N–H and O–H groups in total. The zero-order valence-corrected chi connectivity index (χ0v) is 17.1. The number of imidazole rings is 1. The van der Waals surface area contributed by atoms with Crippen LogP contribution in [0.1, 0.15) is 65.5 Å². The molecule has 1 unspecified atom stereocenters. The molecule has 1 aromatic carbocycles. The van der Waals surface area contributed by atoms with Gasteiger partial charge in [0.05, 0.1) is 53.1 Å². The Labute approximate surface area is 178 Å². The van der Waals surface area contributed by atoms with Gasteiger partial charge in [0.2, 0.25) is 5.89 Å². The van der Waals surface area contributed by atoms with Crippen LogP contribution >= 0.6 is 11.6 Å². The Morgan fingerprint density at radius 2 is 2.03 bits per heavy atom. The lowest BCUT2D eigenvalue weighted by atomic mass is 9.89. The molecule has 0 bridgehead atoms. The van der Waals surface area contributed by atoms with Crippen molar-refractivity contribution in [1.29, 1.82) is 0 Å². The number of benzene rings is 1.